The van der Waals surface area contributed by atoms with E-state index in [-0.39, 0.29) is 18.6 Å². The van der Waals surface area contributed by atoms with E-state index in [2.05, 4.69) is 10.3 Å². The Labute approximate surface area is 99.9 Å². The molecule has 17 heavy (non-hydrogen) atoms. The molecule has 6 heteroatoms. The first-order valence-corrected chi connectivity index (χ1v) is 5.80. The summed E-state index contributed by atoms with van der Waals surface area (Å²) < 4.78 is 1.90. The minimum atomic E-state index is -0.848. The Balaban J connectivity index is 1.90. The largest absolute Gasteiger partial charge is 0.396 e. The maximum absolute atomic E-state index is 9.81. The minimum Gasteiger partial charge on any atom is -0.396 e. The van der Waals surface area contributed by atoms with E-state index in [0.717, 1.165) is 5.82 Å². The van der Waals surface area contributed by atoms with Gasteiger partial charge in [-0.25, -0.2) is 4.98 Å². The molecule has 0 aromatic carbocycles. The molecule has 2 rings (SSSR count). The normalized spacial score (nSPS) is 33.2. The second kappa shape index (κ2) is 5.14. The van der Waals surface area contributed by atoms with Crippen LogP contribution in [0.4, 0.5) is 0 Å². The van der Waals surface area contributed by atoms with E-state index in [0.29, 0.717) is 13.0 Å². The van der Waals surface area contributed by atoms with Crippen LogP contribution in [0.25, 0.3) is 0 Å². The second-order valence-electron chi connectivity index (χ2n) is 4.60. The molecule has 0 saturated heterocycles. The van der Waals surface area contributed by atoms with Gasteiger partial charge < -0.3 is 25.2 Å². The van der Waals surface area contributed by atoms with Gasteiger partial charge in [-0.05, 0) is 6.42 Å². The van der Waals surface area contributed by atoms with Crippen molar-refractivity contribution in [1.82, 2.24) is 14.9 Å². The number of hydrogen-bond donors (Lipinski definition) is 4. The van der Waals surface area contributed by atoms with Crippen LogP contribution in [-0.4, -0.2) is 49.7 Å². The van der Waals surface area contributed by atoms with Gasteiger partial charge in [0, 0.05) is 38.0 Å². The van der Waals surface area contributed by atoms with Crippen LogP contribution in [0.2, 0.25) is 0 Å². The van der Waals surface area contributed by atoms with Crippen molar-refractivity contribution >= 4 is 0 Å². The van der Waals surface area contributed by atoms with E-state index in [9.17, 15) is 10.2 Å². The van der Waals surface area contributed by atoms with Crippen molar-refractivity contribution in [2.45, 2.75) is 31.2 Å². The lowest BCUT2D eigenvalue weighted by molar-refractivity contribution is -0.000408. The number of aliphatic hydroxyl groups is 3. The number of imidazole rings is 1. The molecule has 96 valence electrons. The molecule has 1 fully saturated rings. The molecule has 4 atom stereocenters. The van der Waals surface area contributed by atoms with Gasteiger partial charge in [0.1, 0.15) is 5.82 Å². The van der Waals surface area contributed by atoms with Gasteiger partial charge in [-0.1, -0.05) is 0 Å². The first-order chi connectivity index (χ1) is 8.13. The van der Waals surface area contributed by atoms with Gasteiger partial charge in [-0.3, -0.25) is 0 Å². The highest BCUT2D eigenvalue weighted by atomic mass is 16.3. The van der Waals surface area contributed by atoms with Crippen molar-refractivity contribution in [1.29, 1.82) is 0 Å². The summed E-state index contributed by atoms with van der Waals surface area (Å²) in [6.07, 6.45) is 2.47. The summed E-state index contributed by atoms with van der Waals surface area (Å²) in [5, 5.41) is 31.7. The summed E-state index contributed by atoms with van der Waals surface area (Å²) in [6, 6.07) is -0.196. The number of aryl methyl sites for hydroxylation is 1. The van der Waals surface area contributed by atoms with Gasteiger partial charge in [0.25, 0.3) is 0 Å². The minimum absolute atomic E-state index is 0.0984. The highest BCUT2D eigenvalue weighted by molar-refractivity contribution is 4.97. The Bertz CT molecular complexity index is 369. The van der Waals surface area contributed by atoms with E-state index >= 15 is 0 Å². The molecule has 0 spiro atoms. The molecule has 1 heterocycles. The summed E-state index contributed by atoms with van der Waals surface area (Å²) in [5.74, 6) is 0.628. The molecule has 0 amide bonds. The summed E-state index contributed by atoms with van der Waals surface area (Å²) in [5.41, 5.74) is 0. The molecule has 1 aromatic rings. The molecule has 1 aliphatic rings. The first-order valence-electron chi connectivity index (χ1n) is 5.80. The smallest absolute Gasteiger partial charge is 0.122 e. The molecule has 0 radical (unpaired) electrons. The van der Waals surface area contributed by atoms with Crippen LogP contribution in [-0.2, 0) is 13.6 Å². The topological polar surface area (TPSA) is 90.5 Å². The maximum Gasteiger partial charge on any atom is 0.122 e. The molecule has 1 saturated carbocycles. The zero-order chi connectivity index (χ0) is 12.4. The van der Waals surface area contributed by atoms with Crippen LogP contribution >= 0.6 is 0 Å². The Morgan fingerprint density at radius 1 is 1.47 bits per heavy atom. The van der Waals surface area contributed by atoms with Crippen molar-refractivity contribution < 1.29 is 15.3 Å². The van der Waals surface area contributed by atoms with E-state index in [1.54, 1.807) is 6.20 Å². The van der Waals surface area contributed by atoms with Crippen LogP contribution in [0.1, 0.15) is 12.2 Å². The standard InChI is InChI=1S/C11H19N3O3/c1-14-3-2-12-9(14)5-13-8-4-7(6-15)10(16)11(8)17/h2-3,7-8,10-11,13,15-17H,4-6H2,1H3/t7-,8-,10-,11+/m1/s1. The van der Waals surface area contributed by atoms with Crippen LogP contribution in [0.3, 0.4) is 0 Å². The molecule has 0 aliphatic heterocycles. The Morgan fingerprint density at radius 2 is 2.24 bits per heavy atom. The monoisotopic (exact) mass is 241 g/mol. The quantitative estimate of drug-likeness (QED) is 0.521. The number of aromatic nitrogens is 2. The summed E-state index contributed by atoms with van der Waals surface area (Å²) >= 11 is 0. The first kappa shape index (κ1) is 12.5. The van der Waals surface area contributed by atoms with Crippen LogP contribution in [0.5, 0.6) is 0 Å². The Morgan fingerprint density at radius 3 is 2.76 bits per heavy atom. The average molecular weight is 241 g/mol. The predicted molar refractivity (Wildman–Crippen MR) is 61.0 cm³/mol. The SMILES string of the molecule is Cn1ccnc1CN[C@@H]1C[C@H](CO)[C@@H](O)[C@H]1O. The molecule has 0 unspecified atom stereocenters. The fourth-order valence-electron chi connectivity index (χ4n) is 2.30. The lowest BCUT2D eigenvalue weighted by Crippen LogP contribution is -2.40. The molecular weight excluding hydrogens is 222 g/mol. The van der Waals surface area contributed by atoms with Crippen LogP contribution in [0, 0.1) is 5.92 Å². The third-order valence-corrected chi connectivity index (χ3v) is 3.48. The maximum atomic E-state index is 9.81. The lowest BCUT2D eigenvalue weighted by atomic mass is 10.1. The van der Waals surface area contributed by atoms with Gasteiger partial charge >= 0.3 is 0 Å². The van der Waals surface area contributed by atoms with Crippen LogP contribution in [0.15, 0.2) is 12.4 Å². The summed E-state index contributed by atoms with van der Waals surface area (Å²) in [6.45, 7) is 0.439. The molecule has 6 nitrogen and oxygen atoms in total. The zero-order valence-corrected chi connectivity index (χ0v) is 9.82. The van der Waals surface area contributed by atoms with Crippen molar-refractivity contribution in [3.63, 3.8) is 0 Å². The number of nitrogens with one attached hydrogen (secondary N) is 1. The van der Waals surface area contributed by atoms with Gasteiger partial charge in [0.15, 0.2) is 0 Å². The number of hydrogen-bond acceptors (Lipinski definition) is 5. The Kier molecular flexibility index (Phi) is 3.78. The van der Waals surface area contributed by atoms with Crippen LogP contribution < -0.4 is 5.32 Å². The highest BCUT2D eigenvalue weighted by Crippen LogP contribution is 2.26. The van der Waals surface area contributed by atoms with Crippen molar-refractivity contribution in [2.24, 2.45) is 13.0 Å². The van der Waals surface area contributed by atoms with Gasteiger partial charge in [0.2, 0.25) is 0 Å². The lowest BCUT2D eigenvalue weighted by Gasteiger charge is -2.17. The number of rotatable bonds is 4. The zero-order valence-electron chi connectivity index (χ0n) is 9.82. The number of nitrogens with zero attached hydrogens (tertiary/aromatic N) is 2. The fraction of sp³-hybridized carbons (Fsp3) is 0.727. The highest BCUT2D eigenvalue weighted by Gasteiger charge is 2.40. The summed E-state index contributed by atoms with van der Waals surface area (Å²) in [4.78, 5) is 4.17. The van der Waals surface area contributed by atoms with E-state index in [4.69, 9.17) is 5.11 Å². The molecule has 1 aliphatic carbocycles. The number of aliphatic hydroxyl groups excluding tert-OH is 3. The average Bonchev–Trinajstić information content (AvgIpc) is 2.84. The molecule has 4 N–H and O–H groups in total. The molecular formula is C11H19N3O3. The third kappa shape index (κ3) is 2.50. The summed E-state index contributed by atoms with van der Waals surface area (Å²) in [7, 11) is 1.90. The molecule has 0 bridgehead atoms. The van der Waals surface area contributed by atoms with E-state index in [1.165, 1.54) is 0 Å². The van der Waals surface area contributed by atoms with Gasteiger partial charge in [-0.15, -0.1) is 0 Å². The van der Waals surface area contributed by atoms with E-state index < -0.39 is 12.2 Å². The van der Waals surface area contributed by atoms with Crippen molar-refractivity contribution in [3.8, 4) is 0 Å². The fourth-order valence-corrected chi connectivity index (χ4v) is 2.30. The Hall–Kier alpha value is -0.950. The van der Waals surface area contributed by atoms with Gasteiger partial charge in [-0.2, -0.15) is 0 Å². The third-order valence-electron chi connectivity index (χ3n) is 3.48. The second-order valence-corrected chi connectivity index (χ2v) is 4.60. The van der Waals surface area contributed by atoms with Gasteiger partial charge in [0.05, 0.1) is 18.8 Å². The van der Waals surface area contributed by atoms with E-state index in [1.807, 2.05) is 17.8 Å². The molecule has 1 aromatic heterocycles. The predicted octanol–water partition coefficient (Wildman–Crippen LogP) is -1.39. The van der Waals surface area contributed by atoms with Crippen molar-refractivity contribution in [2.75, 3.05) is 6.61 Å². The van der Waals surface area contributed by atoms with Crippen molar-refractivity contribution in [3.05, 3.63) is 18.2 Å².